The standard InChI is InChI=1S/C25H28N6O/c1-17(2)24(32)30-14-13-29(16-18(30)3)25-26-21-12-8-7-11-20(21)23-28-27-22(31(23)25)15-19-9-5-4-6-10-19/h4-12,17-18H,13-16H2,1-3H3. The Bertz CT molecular complexity index is 1270. The molecule has 0 radical (unpaired) electrons. The Morgan fingerprint density at radius 1 is 1.03 bits per heavy atom. The number of rotatable bonds is 4. The molecule has 0 N–H and O–H groups in total. The molecule has 1 fully saturated rings. The number of nitrogens with zero attached hydrogens (tertiary/aromatic N) is 6. The van der Waals surface area contributed by atoms with E-state index in [1.165, 1.54) is 5.56 Å². The van der Waals surface area contributed by atoms with E-state index in [1.807, 2.05) is 61.2 Å². The predicted molar refractivity (Wildman–Crippen MR) is 126 cm³/mol. The lowest BCUT2D eigenvalue weighted by Gasteiger charge is -2.41. The number of amides is 1. The summed E-state index contributed by atoms with van der Waals surface area (Å²) >= 11 is 0. The van der Waals surface area contributed by atoms with Gasteiger partial charge in [-0.05, 0) is 24.6 Å². The van der Waals surface area contributed by atoms with Crippen LogP contribution in [0.5, 0.6) is 0 Å². The lowest BCUT2D eigenvalue weighted by molar-refractivity contribution is -0.136. The quantitative estimate of drug-likeness (QED) is 0.497. The third kappa shape index (κ3) is 3.57. The Labute approximate surface area is 187 Å². The Balaban J connectivity index is 1.58. The molecule has 1 aliphatic heterocycles. The highest BCUT2D eigenvalue weighted by Gasteiger charge is 2.31. The van der Waals surface area contributed by atoms with Gasteiger partial charge in [0.1, 0.15) is 5.82 Å². The largest absolute Gasteiger partial charge is 0.338 e. The van der Waals surface area contributed by atoms with Crippen LogP contribution in [0.2, 0.25) is 0 Å². The molecule has 0 spiro atoms. The van der Waals surface area contributed by atoms with Crippen molar-refractivity contribution in [2.45, 2.75) is 33.2 Å². The number of hydrogen-bond acceptors (Lipinski definition) is 5. The van der Waals surface area contributed by atoms with Gasteiger partial charge < -0.3 is 9.80 Å². The molecule has 3 heterocycles. The van der Waals surface area contributed by atoms with Crippen LogP contribution in [-0.2, 0) is 11.2 Å². The lowest BCUT2D eigenvalue weighted by Crippen LogP contribution is -2.55. The fraction of sp³-hybridized carbons (Fsp3) is 0.360. The Kier molecular flexibility index (Phi) is 5.25. The highest BCUT2D eigenvalue weighted by Crippen LogP contribution is 2.27. The molecule has 2 aromatic heterocycles. The van der Waals surface area contributed by atoms with Gasteiger partial charge in [-0.3, -0.25) is 4.79 Å². The maximum absolute atomic E-state index is 12.6. The summed E-state index contributed by atoms with van der Waals surface area (Å²) in [6.07, 6.45) is 0.677. The Hall–Kier alpha value is -3.48. The first kappa shape index (κ1) is 20.4. The average Bonchev–Trinajstić information content (AvgIpc) is 3.22. The summed E-state index contributed by atoms with van der Waals surface area (Å²) in [6.45, 7) is 8.17. The van der Waals surface area contributed by atoms with Crippen LogP contribution in [0.4, 0.5) is 5.95 Å². The van der Waals surface area contributed by atoms with Gasteiger partial charge in [-0.15, -0.1) is 10.2 Å². The van der Waals surface area contributed by atoms with Crippen LogP contribution < -0.4 is 4.90 Å². The zero-order valence-electron chi connectivity index (χ0n) is 18.8. The molecule has 1 atom stereocenters. The third-order valence-electron chi connectivity index (χ3n) is 6.19. The van der Waals surface area contributed by atoms with Crippen molar-refractivity contribution >= 4 is 28.4 Å². The van der Waals surface area contributed by atoms with Crippen molar-refractivity contribution in [3.63, 3.8) is 0 Å². The smallest absolute Gasteiger partial charge is 0.225 e. The number of para-hydroxylation sites is 1. The van der Waals surface area contributed by atoms with Crippen LogP contribution in [0.3, 0.4) is 0 Å². The zero-order valence-corrected chi connectivity index (χ0v) is 18.8. The highest BCUT2D eigenvalue weighted by molar-refractivity contribution is 5.92. The van der Waals surface area contributed by atoms with Crippen LogP contribution in [0.1, 0.15) is 32.2 Å². The Morgan fingerprint density at radius 2 is 1.78 bits per heavy atom. The van der Waals surface area contributed by atoms with E-state index in [4.69, 9.17) is 4.98 Å². The van der Waals surface area contributed by atoms with E-state index in [0.29, 0.717) is 13.0 Å². The van der Waals surface area contributed by atoms with Crippen molar-refractivity contribution in [1.29, 1.82) is 0 Å². The second kappa shape index (κ2) is 8.22. The van der Waals surface area contributed by atoms with Crippen LogP contribution in [0.25, 0.3) is 16.6 Å². The van der Waals surface area contributed by atoms with Crippen molar-refractivity contribution in [3.05, 3.63) is 66.0 Å². The molecular formula is C25H28N6O. The van der Waals surface area contributed by atoms with E-state index in [2.05, 4.69) is 38.6 Å². The van der Waals surface area contributed by atoms with Crippen molar-refractivity contribution in [2.75, 3.05) is 24.5 Å². The normalized spacial score (nSPS) is 16.9. The lowest BCUT2D eigenvalue weighted by atomic mass is 10.1. The van der Waals surface area contributed by atoms with Gasteiger partial charge >= 0.3 is 0 Å². The molecule has 4 aromatic rings. The molecule has 1 aliphatic rings. The number of carbonyl (C=O) groups excluding carboxylic acids is 1. The molecule has 7 nitrogen and oxygen atoms in total. The summed E-state index contributed by atoms with van der Waals surface area (Å²) in [6, 6.07) is 18.5. The number of hydrogen-bond donors (Lipinski definition) is 0. The van der Waals surface area contributed by atoms with Crippen LogP contribution in [0, 0.1) is 5.92 Å². The van der Waals surface area contributed by atoms with Crippen molar-refractivity contribution < 1.29 is 4.79 Å². The van der Waals surface area contributed by atoms with Gasteiger partial charge in [0.05, 0.1) is 5.52 Å². The van der Waals surface area contributed by atoms with Gasteiger partial charge in [0.2, 0.25) is 11.9 Å². The predicted octanol–water partition coefficient (Wildman–Crippen LogP) is 3.56. The maximum Gasteiger partial charge on any atom is 0.225 e. The van der Waals surface area contributed by atoms with Gasteiger partial charge in [-0.25, -0.2) is 9.38 Å². The molecule has 5 rings (SSSR count). The summed E-state index contributed by atoms with van der Waals surface area (Å²) in [7, 11) is 0. The van der Waals surface area contributed by atoms with E-state index in [0.717, 1.165) is 41.4 Å². The van der Waals surface area contributed by atoms with Crippen LogP contribution >= 0.6 is 0 Å². The molecule has 1 unspecified atom stereocenters. The van der Waals surface area contributed by atoms with Gasteiger partial charge in [0, 0.05) is 43.4 Å². The second-order valence-corrected chi connectivity index (χ2v) is 8.85. The average molecular weight is 429 g/mol. The van der Waals surface area contributed by atoms with E-state index < -0.39 is 0 Å². The topological polar surface area (TPSA) is 66.6 Å². The van der Waals surface area contributed by atoms with Gasteiger partial charge in [0.25, 0.3) is 0 Å². The third-order valence-corrected chi connectivity index (χ3v) is 6.19. The summed E-state index contributed by atoms with van der Waals surface area (Å²) in [5.41, 5.74) is 2.91. The number of anilines is 1. The number of aromatic nitrogens is 4. The molecule has 0 aliphatic carbocycles. The first-order valence-corrected chi connectivity index (χ1v) is 11.2. The molecular weight excluding hydrogens is 400 g/mol. The molecule has 164 valence electrons. The van der Waals surface area contributed by atoms with E-state index in [9.17, 15) is 4.79 Å². The number of fused-ring (bicyclic) bond motifs is 3. The molecule has 7 heteroatoms. The monoisotopic (exact) mass is 428 g/mol. The molecule has 1 saturated heterocycles. The minimum atomic E-state index is 0.00447. The summed E-state index contributed by atoms with van der Waals surface area (Å²) in [4.78, 5) is 21.9. The summed E-state index contributed by atoms with van der Waals surface area (Å²) in [5, 5.41) is 10.1. The summed E-state index contributed by atoms with van der Waals surface area (Å²) < 4.78 is 2.10. The highest BCUT2D eigenvalue weighted by atomic mass is 16.2. The van der Waals surface area contributed by atoms with Gasteiger partial charge in [-0.1, -0.05) is 56.3 Å². The summed E-state index contributed by atoms with van der Waals surface area (Å²) in [5.74, 6) is 1.93. The molecule has 0 saturated carbocycles. The van der Waals surface area contributed by atoms with E-state index in [-0.39, 0.29) is 17.9 Å². The maximum atomic E-state index is 12.6. The molecule has 2 aromatic carbocycles. The van der Waals surface area contributed by atoms with Crippen molar-refractivity contribution in [1.82, 2.24) is 24.5 Å². The molecule has 32 heavy (non-hydrogen) atoms. The fourth-order valence-corrected chi connectivity index (χ4v) is 4.52. The zero-order chi connectivity index (χ0) is 22.2. The number of piperazine rings is 1. The second-order valence-electron chi connectivity index (χ2n) is 8.85. The first-order valence-electron chi connectivity index (χ1n) is 11.2. The van der Waals surface area contributed by atoms with Crippen molar-refractivity contribution in [3.8, 4) is 0 Å². The first-order chi connectivity index (χ1) is 15.5. The van der Waals surface area contributed by atoms with Crippen molar-refractivity contribution in [2.24, 2.45) is 5.92 Å². The minimum Gasteiger partial charge on any atom is -0.338 e. The number of carbonyl (C=O) groups is 1. The van der Waals surface area contributed by atoms with Gasteiger partial charge in [-0.2, -0.15) is 0 Å². The Morgan fingerprint density at radius 3 is 2.53 bits per heavy atom. The van der Waals surface area contributed by atoms with Crippen LogP contribution in [0.15, 0.2) is 54.6 Å². The van der Waals surface area contributed by atoms with E-state index in [1.54, 1.807) is 0 Å². The molecule has 1 amide bonds. The van der Waals surface area contributed by atoms with Gasteiger partial charge in [0.15, 0.2) is 5.65 Å². The fourth-order valence-electron chi connectivity index (χ4n) is 4.52. The number of benzene rings is 2. The molecule has 0 bridgehead atoms. The minimum absolute atomic E-state index is 0.00447. The van der Waals surface area contributed by atoms with Crippen LogP contribution in [-0.4, -0.2) is 56.1 Å². The van der Waals surface area contributed by atoms with E-state index >= 15 is 0 Å². The SMILES string of the molecule is CC(C)C(=O)N1CCN(c2nc3ccccc3c3nnc(Cc4ccccc4)n23)CC1C.